The zero-order valence-electron chi connectivity index (χ0n) is 16.0. The number of carbonyl (C=O) groups excluding carboxylic acids is 2. The molecule has 0 bridgehead atoms. The lowest BCUT2D eigenvalue weighted by molar-refractivity contribution is 0.101. The number of benzene rings is 2. The number of anilines is 2. The van der Waals surface area contributed by atoms with Crippen molar-refractivity contribution in [2.24, 2.45) is 0 Å². The molecular formula is C20H19N3O4S2. The summed E-state index contributed by atoms with van der Waals surface area (Å²) in [6.07, 6.45) is 1.97. The zero-order valence-corrected chi connectivity index (χ0v) is 17.6. The number of thiazole rings is 1. The Morgan fingerprint density at radius 2 is 1.72 bits per heavy atom. The Hall–Kier alpha value is -3.04. The number of nitrogens with zero attached hydrogens (tertiary/aromatic N) is 1. The van der Waals surface area contributed by atoms with E-state index in [1.165, 1.54) is 25.6 Å². The van der Waals surface area contributed by atoms with Gasteiger partial charge in [-0.15, -0.1) is 23.1 Å². The number of hydrogen-bond acceptors (Lipinski definition) is 7. The lowest BCUT2D eigenvalue weighted by Crippen LogP contribution is -2.14. The molecule has 0 aliphatic rings. The molecule has 29 heavy (non-hydrogen) atoms. The average molecular weight is 430 g/mol. The summed E-state index contributed by atoms with van der Waals surface area (Å²) in [7, 11) is 3.02. The molecule has 2 N–H and O–H groups in total. The molecule has 0 spiro atoms. The van der Waals surface area contributed by atoms with E-state index in [9.17, 15) is 9.59 Å². The number of amides is 2. The molecule has 0 unspecified atom stereocenters. The molecule has 3 rings (SSSR count). The molecule has 1 aromatic heterocycles. The van der Waals surface area contributed by atoms with Gasteiger partial charge in [-0.1, -0.05) is 6.07 Å². The summed E-state index contributed by atoms with van der Waals surface area (Å²) < 4.78 is 10.4. The van der Waals surface area contributed by atoms with Gasteiger partial charge in [-0.3, -0.25) is 14.9 Å². The molecule has 2 aromatic carbocycles. The van der Waals surface area contributed by atoms with Crippen LogP contribution in [0.3, 0.4) is 0 Å². The van der Waals surface area contributed by atoms with E-state index in [1.807, 2.05) is 30.5 Å². The van der Waals surface area contributed by atoms with Crippen molar-refractivity contribution < 1.29 is 19.1 Å². The maximum atomic E-state index is 12.5. The van der Waals surface area contributed by atoms with Gasteiger partial charge in [0.2, 0.25) is 0 Å². The second-order valence-corrected chi connectivity index (χ2v) is 7.52. The Morgan fingerprint density at radius 3 is 2.38 bits per heavy atom. The molecule has 1 heterocycles. The van der Waals surface area contributed by atoms with E-state index in [1.54, 1.807) is 35.3 Å². The zero-order chi connectivity index (χ0) is 20.8. The van der Waals surface area contributed by atoms with Crippen molar-refractivity contribution in [2.45, 2.75) is 4.90 Å². The third-order valence-corrected chi connectivity index (χ3v) is 5.38. The molecule has 3 aromatic rings. The van der Waals surface area contributed by atoms with Crippen LogP contribution in [0.4, 0.5) is 10.8 Å². The highest BCUT2D eigenvalue weighted by Gasteiger charge is 2.15. The van der Waals surface area contributed by atoms with Crippen LogP contribution < -0.4 is 20.1 Å². The first kappa shape index (κ1) is 20.7. The van der Waals surface area contributed by atoms with Crippen LogP contribution in [0.25, 0.3) is 0 Å². The van der Waals surface area contributed by atoms with Crippen molar-refractivity contribution in [3.63, 3.8) is 0 Å². The Labute approximate surface area is 176 Å². The fraction of sp³-hybridized carbons (Fsp3) is 0.150. The normalized spacial score (nSPS) is 10.3. The van der Waals surface area contributed by atoms with Crippen molar-refractivity contribution in [3.05, 3.63) is 59.1 Å². The van der Waals surface area contributed by atoms with Crippen LogP contribution >= 0.6 is 23.1 Å². The molecule has 2 amide bonds. The predicted molar refractivity (Wildman–Crippen MR) is 116 cm³/mol. The highest BCUT2D eigenvalue weighted by Crippen LogP contribution is 2.24. The summed E-state index contributed by atoms with van der Waals surface area (Å²) in [5.74, 6) is 0.279. The van der Waals surface area contributed by atoms with Gasteiger partial charge in [-0.2, -0.15) is 0 Å². The van der Waals surface area contributed by atoms with E-state index in [-0.39, 0.29) is 17.5 Å². The number of nitrogens with one attached hydrogen (secondary N) is 2. The molecule has 0 aliphatic heterocycles. The molecule has 0 saturated heterocycles. The van der Waals surface area contributed by atoms with Crippen molar-refractivity contribution >= 4 is 45.7 Å². The van der Waals surface area contributed by atoms with E-state index in [2.05, 4.69) is 15.6 Å². The van der Waals surface area contributed by atoms with Gasteiger partial charge < -0.3 is 14.8 Å². The van der Waals surface area contributed by atoms with Gasteiger partial charge in [-0.05, 0) is 36.6 Å². The first-order valence-corrected chi connectivity index (χ1v) is 10.6. The van der Waals surface area contributed by atoms with Crippen LogP contribution in [0, 0.1) is 0 Å². The SMILES string of the molecule is COc1cc(OC)cc(C(=O)Nc2nc(C(=O)Nc3cccc(SC)c3)cs2)c1. The number of methoxy groups -OCH3 is 2. The number of thioether (sulfide) groups is 1. The Balaban J connectivity index is 1.69. The van der Waals surface area contributed by atoms with Crippen LogP contribution in [0.15, 0.2) is 52.7 Å². The third kappa shape index (κ3) is 5.27. The second-order valence-electron chi connectivity index (χ2n) is 5.78. The molecule has 150 valence electrons. The van der Waals surface area contributed by atoms with Gasteiger partial charge in [0.1, 0.15) is 17.2 Å². The maximum absolute atomic E-state index is 12.5. The number of carbonyl (C=O) groups is 2. The first-order chi connectivity index (χ1) is 14.0. The topological polar surface area (TPSA) is 89.6 Å². The summed E-state index contributed by atoms with van der Waals surface area (Å²) >= 11 is 2.76. The molecule has 0 atom stereocenters. The third-order valence-electron chi connectivity index (χ3n) is 3.90. The fourth-order valence-electron chi connectivity index (χ4n) is 2.44. The van der Waals surface area contributed by atoms with Crippen molar-refractivity contribution in [2.75, 3.05) is 31.1 Å². The summed E-state index contributed by atoms with van der Waals surface area (Å²) in [4.78, 5) is 30.2. The average Bonchev–Trinajstić information content (AvgIpc) is 3.22. The van der Waals surface area contributed by atoms with Crippen molar-refractivity contribution in [3.8, 4) is 11.5 Å². The predicted octanol–water partition coefficient (Wildman–Crippen LogP) is 4.39. The van der Waals surface area contributed by atoms with E-state index in [0.717, 1.165) is 4.90 Å². The van der Waals surface area contributed by atoms with Gasteiger partial charge in [-0.25, -0.2) is 4.98 Å². The van der Waals surface area contributed by atoms with Gasteiger partial charge >= 0.3 is 0 Å². The molecule has 7 nitrogen and oxygen atoms in total. The fourth-order valence-corrected chi connectivity index (χ4v) is 3.58. The van der Waals surface area contributed by atoms with Crippen LogP contribution in [0.2, 0.25) is 0 Å². The lowest BCUT2D eigenvalue weighted by atomic mass is 10.2. The van der Waals surface area contributed by atoms with E-state index in [0.29, 0.717) is 27.9 Å². The highest BCUT2D eigenvalue weighted by molar-refractivity contribution is 7.98. The Morgan fingerprint density at radius 1 is 1.00 bits per heavy atom. The molecule has 9 heteroatoms. The number of aromatic nitrogens is 1. The smallest absolute Gasteiger partial charge is 0.275 e. The molecule has 0 aliphatic carbocycles. The number of rotatable bonds is 7. The number of ether oxygens (including phenoxy) is 2. The van der Waals surface area contributed by atoms with Crippen LogP contribution in [-0.4, -0.2) is 37.3 Å². The van der Waals surface area contributed by atoms with Crippen LogP contribution in [0.1, 0.15) is 20.8 Å². The summed E-state index contributed by atoms with van der Waals surface area (Å²) in [6.45, 7) is 0. The lowest BCUT2D eigenvalue weighted by Gasteiger charge is -2.08. The van der Waals surface area contributed by atoms with Crippen LogP contribution in [0.5, 0.6) is 11.5 Å². The quantitative estimate of drug-likeness (QED) is 0.542. The highest BCUT2D eigenvalue weighted by atomic mass is 32.2. The van der Waals surface area contributed by atoms with E-state index in [4.69, 9.17) is 9.47 Å². The first-order valence-electron chi connectivity index (χ1n) is 8.47. The van der Waals surface area contributed by atoms with Gasteiger partial charge in [0, 0.05) is 27.6 Å². The Kier molecular flexibility index (Phi) is 6.73. The Bertz CT molecular complexity index is 1010. The monoisotopic (exact) mass is 429 g/mol. The van der Waals surface area contributed by atoms with Gasteiger partial charge in [0.15, 0.2) is 5.13 Å². The second kappa shape index (κ2) is 9.44. The standard InChI is InChI=1S/C20H19N3O4S2/c1-26-14-7-12(8-15(10-14)27-2)18(24)23-20-22-17(11-29-20)19(25)21-13-5-4-6-16(9-13)28-3/h4-11H,1-3H3,(H,21,25)(H,22,23,24). The summed E-state index contributed by atoms with van der Waals surface area (Å²) in [5.41, 5.74) is 1.27. The largest absolute Gasteiger partial charge is 0.497 e. The minimum Gasteiger partial charge on any atom is -0.497 e. The van der Waals surface area contributed by atoms with Crippen LogP contribution in [-0.2, 0) is 0 Å². The molecule has 0 radical (unpaired) electrons. The minimum absolute atomic E-state index is 0.225. The maximum Gasteiger partial charge on any atom is 0.275 e. The minimum atomic E-state index is -0.379. The van der Waals surface area contributed by atoms with E-state index >= 15 is 0 Å². The van der Waals surface area contributed by atoms with Gasteiger partial charge in [0.05, 0.1) is 14.2 Å². The number of hydrogen-bond donors (Lipinski definition) is 2. The van der Waals surface area contributed by atoms with Crippen molar-refractivity contribution in [1.82, 2.24) is 4.98 Å². The molecule has 0 fully saturated rings. The summed E-state index contributed by atoms with van der Waals surface area (Å²) in [6, 6.07) is 12.4. The van der Waals surface area contributed by atoms with Crippen molar-refractivity contribution in [1.29, 1.82) is 0 Å². The van der Waals surface area contributed by atoms with E-state index < -0.39 is 0 Å². The summed E-state index contributed by atoms with van der Waals surface area (Å²) in [5, 5.41) is 7.41. The molecule has 0 saturated carbocycles. The molecular weight excluding hydrogens is 410 g/mol. The van der Waals surface area contributed by atoms with Gasteiger partial charge in [0.25, 0.3) is 11.8 Å².